The summed E-state index contributed by atoms with van der Waals surface area (Å²) in [5, 5.41) is 6.74. The fourth-order valence-electron chi connectivity index (χ4n) is 0.708. The SMILES string of the molecule is Cn1nnn(C)c1=NC(=O)C(F)(F)F. The molecule has 1 aromatic heterocycles. The first-order valence-electron chi connectivity index (χ1n) is 3.41. The van der Waals surface area contributed by atoms with Crippen molar-refractivity contribution in [2.45, 2.75) is 6.18 Å². The van der Waals surface area contributed by atoms with E-state index in [1.54, 1.807) is 0 Å². The molecule has 0 N–H and O–H groups in total. The lowest BCUT2D eigenvalue weighted by Crippen LogP contribution is -2.29. The Morgan fingerprint density at radius 3 is 2.07 bits per heavy atom. The number of carbonyl (C=O) groups is 1. The summed E-state index contributed by atoms with van der Waals surface area (Å²) < 4.78 is 37.3. The molecule has 6 nitrogen and oxygen atoms in total. The van der Waals surface area contributed by atoms with E-state index in [1.165, 1.54) is 14.1 Å². The van der Waals surface area contributed by atoms with E-state index in [4.69, 9.17) is 0 Å². The predicted octanol–water partition coefficient (Wildman–Crippen LogP) is -0.857. The second-order valence-corrected chi connectivity index (χ2v) is 2.44. The van der Waals surface area contributed by atoms with Crippen molar-refractivity contribution in [3.63, 3.8) is 0 Å². The molecule has 1 heterocycles. The van der Waals surface area contributed by atoms with Crippen molar-refractivity contribution in [3.8, 4) is 0 Å². The van der Waals surface area contributed by atoms with Crippen molar-refractivity contribution in [1.82, 2.24) is 19.8 Å². The minimum absolute atomic E-state index is 0.271. The summed E-state index contributed by atoms with van der Waals surface area (Å²) in [4.78, 5) is 13.3. The van der Waals surface area contributed by atoms with E-state index in [0.29, 0.717) is 0 Å². The Bertz CT molecular complexity index is 391. The van der Waals surface area contributed by atoms with Crippen molar-refractivity contribution in [2.75, 3.05) is 0 Å². The molecule has 78 valence electrons. The van der Waals surface area contributed by atoms with Gasteiger partial charge >= 0.3 is 12.1 Å². The summed E-state index contributed by atoms with van der Waals surface area (Å²) in [7, 11) is 2.66. The van der Waals surface area contributed by atoms with Crippen molar-refractivity contribution < 1.29 is 18.0 Å². The minimum Gasteiger partial charge on any atom is -0.262 e. The number of carbonyl (C=O) groups excluding carboxylic acids is 1. The molecule has 0 saturated heterocycles. The standard InChI is InChI=1S/C5H6F3N5O/c1-12-4(13(2)11-10-12)9-3(14)5(6,7)8/h1-2H3. The normalized spacial score (nSPS) is 11.5. The Balaban J connectivity index is 3.18. The van der Waals surface area contributed by atoms with Crippen LogP contribution in [0.1, 0.15) is 0 Å². The quantitative estimate of drug-likeness (QED) is 0.558. The molecule has 0 fully saturated rings. The van der Waals surface area contributed by atoms with Gasteiger partial charge in [0.25, 0.3) is 0 Å². The van der Waals surface area contributed by atoms with Crippen LogP contribution in [0.15, 0.2) is 4.99 Å². The van der Waals surface area contributed by atoms with E-state index in [2.05, 4.69) is 15.4 Å². The van der Waals surface area contributed by atoms with Gasteiger partial charge in [-0.05, 0) is 10.4 Å². The van der Waals surface area contributed by atoms with Gasteiger partial charge in [0.1, 0.15) is 0 Å². The minimum atomic E-state index is -4.97. The zero-order chi connectivity index (χ0) is 10.9. The predicted molar refractivity (Wildman–Crippen MR) is 36.6 cm³/mol. The second kappa shape index (κ2) is 3.24. The first kappa shape index (κ1) is 10.4. The highest BCUT2D eigenvalue weighted by molar-refractivity contribution is 5.82. The lowest BCUT2D eigenvalue weighted by Gasteiger charge is -1.98. The number of amides is 1. The lowest BCUT2D eigenvalue weighted by atomic mass is 10.6. The van der Waals surface area contributed by atoms with E-state index in [1.807, 2.05) is 0 Å². The third-order valence-electron chi connectivity index (χ3n) is 1.33. The number of aromatic nitrogens is 4. The zero-order valence-corrected chi connectivity index (χ0v) is 7.28. The molecule has 0 saturated carbocycles. The first-order chi connectivity index (χ1) is 6.32. The van der Waals surface area contributed by atoms with Gasteiger partial charge in [-0.3, -0.25) is 4.79 Å². The van der Waals surface area contributed by atoms with E-state index < -0.39 is 12.1 Å². The topological polar surface area (TPSA) is 65.1 Å². The Morgan fingerprint density at radius 1 is 1.29 bits per heavy atom. The van der Waals surface area contributed by atoms with Crippen LogP contribution in [-0.4, -0.2) is 31.9 Å². The smallest absolute Gasteiger partial charge is 0.262 e. The highest BCUT2D eigenvalue weighted by atomic mass is 19.4. The molecule has 0 aliphatic carbocycles. The van der Waals surface area contributed by atoms with Crippen molar-refractivity contribution >= 4 is 5.91 Å². The molecule has 0 atom stereocenters. The molecule has 0 aliphatic rings. The third-order valence-corrected chi connectivity index (χ3v) is 1.33. The van der Waals surface area contributed by atoms with Crippen LogP contribution in [0, 0.1) is 0 Å². The maximum atomic E-state index is 11.8. The number of tetrazole rings is 1. The Kier molecular flexibility index (Phi) is 2.41. The highest BCUT2D eigenvalue weighted by Crippen LogP contribution is 2.15. The zero-order valence-electron chi connectivity index (χ0n) is 7.28. The number of halogens is 3. The average molecular weight is 209 g/mol. The van der Waals surface area contributed by atoms with Gasteiger partial charge in [-0.1, -0.05) is 0 Å². The molecule has 1 aromatic rings. The van der Waals surface area contributed by atoms with E-state index in [0.717, 1.165) is 9.36 Å². The van der Waals surface area contributed by atoms with E-state index >= 15 is 0 Å². The van der Waals surface area contributed by atoms with Gasteiger partial charge < -0.3 is 0 Å². The highest BCUT2D eigenvalue weighted by Gasteiger charge is 2.38. The molecular formula is C5H6F3N5O. The molecule has 0 spiro atoms. The van der Waals surface area contributed by atoms with Gasteiger partial charge in [-0.2, -0.15) is 18.2 Å². The molecular weight excluding hydrogens is 203 g/mol. The van der Waals surface area contributed by atoms with Crippen molar-refractivity contribution in [2.24, 2.45) is 19.1 Å². The van der Waals surface area contributed by atoms with Gasteiger partial charge in [0, 0.05) is 14.1 Å². The summed E-state index contributed by atoms with van der Waals surface area (Å²) in [6.07, 6.45) is -4.97. The van der Waals surface area contributed by atoms with Crippen LogP contribution >= 0.6 is 0 Å². The van der Waals surface area contributed by atoms with Crippen LogP contribution in [-0.2, 0) is 18.9 Å². The van der Waals surface area contributed by atoms with Crippen LogP contribution < -0.4 is 5.62 Å². The fraction of sp³-hybridized carbons (Fsp3) is 0.600. The van der Waals surface area contributed by atoms with Crippen molar-refractivity contribution in [1.29, 1.82) is 0 Å². The van der Waals surface area contributed by atoms with Gasteiger partial charge in [0.2, 0.25) is 5.62 Å². The van der Waals surface area contributed by atoms with Gasteiger partial charge in [-0.25, -0.2) is 9.36 Å². The Hall–Kier alpha value is -1.67. The average Bonchev–Trinajstić information content (AvgIpc) is 2.34. The summed E-state index contributed by atoms with van der Waals surface area (Å²) >= 11 is 0. The van der Waals surface area contributed by atoms with Crippen molar-refractivity contribution in [3.05, 3.63) is 5.62 Å². The maximum absolute atomic E-state index is 11.8. The first-order valence-corrected chi connectivity index (χ1v) is 3.41. The lowest BCUT2D eigenvalue weighted by molar-refractivity contribution is -0.169. The third kappa shape index (κ3) is 1.98. The van der Waals surface area contributed by atoms with Crippen LogP contribution in [0.2, 0.25) is 0 Å². The monoisotopic (exact) mass is 209 g/mol. The second-order valence-electron chi connectivity index (χ2n) is 2.44. The molecule has 1 rings (SSSR count). The summed E-state index contributed by atoms with van der Waals surface area (Å²) in [6, 6.07) is 0. The summed E-state index contributed by atoms with van der Waals surface area (Å²) in [5.74, 6) is -2.18. The molecule has 14 heavy (non-hydrogen) atoms. The van der Waals surface area contributed by atoms with Gasteiger partial charge in [0.15, 0.2) is 0 Å². The molecule has 0 aromatic carbocycles. The largest absolute Gasteiger partial charge is 0.473 e. The Labute approximate surface area is 75.6 Å². The van der Waals surface area contributed by atoms with Gasteiger partial charge in [0.05, 0.1) is 0 Å². The molecule has 1 amide bonds. The number of nitrogens with zero attached hydrogens (tertiary/aromatic N) is 5. The van der Waals surface area contributed by atoms with E-state index in [-0.39, 0.29) is 5.62 Å². The number of hydrogen-bond donors (Lipinski definition) is 0. The molecule has 0 unspecified atom stereocenters. The molecule has 0 radical (unpaired) electrons. The molecule has 0 bridgehead atoms. The van der Waals surface area contributed by atoms with Crippen LogP contribution in [0.25, 0.3) is 0 Å². The fourth-order valence-corrected chi connectivity index (χ4v) is 0.708. The molecule has 0 aliphatic heterocycles. The Morgan fingerprint density at radius 2 is 1.71 bits per heavy atom. The number of hydrogen-bond acceptors (Lipinski definition) is 3. The van der Waals surface area contributed by atoms with Crippen LogP contribution in [0.3, 0.4) is 0 Å². The molecule has 9 heteroatoms. The van der Waals surface area contributed by atoms with E-state index in [9.17, 15) is 18.0 Å². The summed E-state index contributed by atoms with van der Waals surface area (Å²) in [6.45, 7) is 0. The maximum Gasteiger partial charge on any atom is 0.473 e. The van der Waals surface area contributed by atoms with Crippen LogP contribution in [0.5, 0.6) is 0 Å². The number of aryl methyl sites for hydroxylation is 2. The number of alkyl halides is 3. The van der Waals surface area contributed by atoms with Crippen LogP contribution in [0.4, 0.5) is 13.2 Å². The van der Waals surface area contributed by atoms with Gasteiger partial charge in [-0.15, -0.1) is 0 Å². The number of rotatable bonds is 0. The summed E-state index contributed by atoms with van der Waals surface area (Å²) in [5.41, 5.74) is -0.271.